The van der Waals surface area contributed by atoms with Gasteiger partial charge in [0.2, 0.25) is 0 Å². The van der Waals surface area contributed by atoms with Crippen LogP contribution in [0.15, 0.2) is 76.5 Å². The van der Waals surface area contributed by atoms with E-state index in [1.54, 1.807) is 6.26 Å². The van der Waals surface area contributed by atoms with Crippen LogP contribution in [0.5, 0.6) is 0 Å². The van der Waals surface area contributed by atoms with Crippen LogP contribution in [0.25, 0.3) is 11.4 Å². The lowest BCUT2D eigenvalue weighted by molar-refractivity contribution is 0.102. The van der Waals surface area contributed by atoms with Crippen LogP contribution in [-0.2, 0) is 19.4 Å². The number of hydrogen-bond acceptors (Lipinski definition) is 5. The Bertz CT molecular complexity index is 1170. The number of Topliss-reactive ketones (excluding diaryl/α,β-unsaturated/α-hetero) is 1. The van der Waals surface area contributed by atoms with Gasteiger partial charge in [0.05, 0.1) is 18.6 Å². The summed E-state index contributed by atoms with van der Waals surface area (Å²) >= 11 is 1.42. The minimum absolute atomic E-state index is 0.114. The number of rotatable bonds is 7. The molecule has 2 aromatic carbocycles. The van der Waals surface area contributed by atoms with E-state index in [9.17, 15) is 4.79 Å². The number of carbonyl (C=O) groups excluding carboxylic acids is 1. The molecule has 0 spiro atoms. The highest BCUT2D eigenvalue weighted by atomic mass is 32.2. The van der Waals surface area contributed by atoms with Gasteiger partial charge in [0.25, 0.3) is 0 Å². The van der Waals surface area contributed by atoms with Crippen molar-refractivity contribution in [1.29, 1.82) is 0 Å². The minimum Gasteiger partial charge on any atom is -0.467 e. The van der Waals surface area contributed by atoms with E-state index in [0.717, 1.165) is 35.6 Å². The van der Waals surface area contributed by atoms with Crippen molar-refractivity contribution < 1.29 is 9.21 Å². The van der Waals surface area contributed by atoms with Gasteiger partial charge >= 0.3 is 0 Å². The van der Waals surface area contributed by atoms with E-state index >= 15 is 0 Å². The number of carbonyl (C=O) groups is 1. The van der Waals surface area contributed by atoms with Crippen LogP contribution in [0.3, 0.4) is 0 Å². The summed E-state index contributed by atoms with van der Waals surface area (Å²) in [6, 6.07) is 19.9. The van der Waals surface area contributed by atoms with Crippen molar-refractivity contribution in [2.75, 3.05) is 5.75 Å². The topological polar surface area (TPSA) is 60.9 Å². The number of fused-ring (bicyclic) bond motifs is 1. The second-order valence-corrected chi connectivity index (χ2v) is 8.33. The smallest absolute Gasteiger partial charge is 0.192 e. The van der Waals surface area contributed by atoms with E-state index in [1.807, 2.05) is 53.1 Å². The van der Waals surface area contributed by atoms with Gasteiger partial charge in [-0.05, 0) is 48.6 Å². The van der Waals surface area contributed by atoms with Gasteiger partial charge < -0.3 is 4.42 Å². The SMILES string of the molecule is O=C(CSc1nnc(-c2ccccc2)n1Cc1ccco1)c1ccc2c(c1)CCC2. The highest BCUT2D eigenvalue weighted by Crippen LogP contribution is 2.27. The molecule has 6 heteroatoms. The number of ketones is 1. The van der Waals surface area contributed by atoms with E-state index in [4.69, 9.17) is 4.42 Å². The summed E-state index contributed by atoms with van der Waals surface area (Å²) in [7, 11) is 0. The lowest BCUT2D eigenvalue weighted by Gasteiger charge is -2.09. The third-order valence-corrected chi connectivity index (χ3v) is 6.36. The zero-order valence-corrected chi connectivity index (χ0v) is 17.3. The first-order chi connectivity index (χ1) is 14.8. The highest BCUT2D eigenvalue weighted by Gasteiger charge is 2.18. The summed E-state index contributed by atoms with van der Waals surface area (Å²) in [4.78, 5) is 12.8. The predicted octanol–water partition coefficient (Wildman–Crippen LogP) is 5.05. The van der Waals surface area contributed by atoms with Gasteiger partial charge in [0.15, 0.2) is 16.8 Å². The van der Waals surface area contributed by atoms with Gasteiger partial charge in [-0.25, -0.2) is 0 Å². The van der Waals surface area contributed by atoms with E-state index in [2.05, 4.69) is 22.3 Å². The number of thioether (sulfide) groups is 1. The molecular formula is C24H21N3O2S. The Kier molecular flexibility index (Phi) is 5.24. The van der Waals surface area contributed by atoms with Crippen LogP contribution in [0.1, 0.15) is 33.7 Å². The highest BCUT2D eigenvalue weighted by molar-refractivity contribution is 7.99. The fourth-order valence-electron chi connectivity index (χ4n) is 3.86. The van der Waals surface area contributed by atoms with Crippen molar-refractivity contribution in [1.82, 2.24) is 14.8 Å². The van der Waals surface area contributed by atoms with Crippen LogP contribution >= 0.6 is 11.8 Å². The van der Waals surface area contributed by atoms with Crippen LogP contribution in [-0.4, -0.2) is 26.3 Å². The maximum absolute atomic E-state index is 12.8. The second kappa shape index (κ2) is 8.32. The molecule has 2 aromatic heterocycles. The van der Waals surface area contributed by atoms with E-state index in [-0.39, 0.29) is 5.78 Å². The molecule has 1 aliphatic rings. The first kappa shape index (κ1) is 18.9. The third kappa shape index (κ3) is 3.83. The zero-order valence-electron chi connectivity index (χ0n) is 16.5. The maximum atomic E-state index is 12.8. The molecule has 0 saturated carbocycles. The molecule has 0 unspecified atom stereocenters. The molecule has 4 aromatic rings. The molecule has 0 aliphatic heterocycles. The van der Waals surface area contributed by atoms with Crippen molar-refractivity contribution in [2.24, 2.45) is 0 Å². The molecule has 0 fully saturated rings. The van der Waals surface area contributed by atoms with E-state index < -0.39 is 0 Å². The number of nitrogens with zero attached hydrogens (tertiary/aromatic N) is 3. The Morgan fingerprint density at radius 1 is 1.00 bits per heavy atom. The number of benzene rings is 2. The molecule has 5 nitrogen and oxygen atoms in total. The summed E-state index contributed by atoms with van der Waals surface area (Å²) in [5.74, 6) is 2.02. The average Bonchev–Trinajstić information content (AvgIpc) is 3.54. The molecule has 150 valence electrons. The average molecular weight is 416 g/mol. The Balaban J connectivity index is 1.38. The summed E-state index contributed by atoms with van der Waals surface area (Å²) < 4.78 is 7.55. The van der Waals surface area contributed by atoms with Crippen LogP contribution < -0.4 is 0 Å². The van der Waals surface area contributed by atoms with E-state index in [1.165, 1.54) is 29.3 Å². The number of aromatic nitrogens is 3. The maximum Gasteiger partial charge on any atom is 0.192 e. The monoisotopic (exact) mass is 415 g/mol. The summed E-state index contributed by atoms with van der Waals surface area (Å²) in [6.45, 7) is 0.513. The number of aryl methyl sites for hydroxylation is 2. The van der Waals surface area contributed by atoms with Crippen LogP contribution in [0, 0.1) is 0 Å². The molecule has 30 heavy (non-hydrogen) atoms. The fourth-order valence-corrected chi connectivity index (χ4v) is 4.69. The molecular weight excluding hydrogens is 394 g/mol. The predicted molar refractivity (Wildman–Crippen MR) is 117 cm³/mol. The van der Waals surface area contributed by atoms with Gasteiger partial charge in [-0.15, -0.1) is 10.2 Å². The summed E-state index contributed by atoms with van der Waals surface area (Å²) in [5.41, 5.74) is 4.46. The lowest BCUT2D eigenvalue weighted by Crippen LogP contribution is -2.07. The van der Waals surface area contributed by atoms with Gasteiger partial charge in [0, 0.05) is 11.1 Å². The van der Waals surface area contributed by atoms with Gasteiger partial charge in [-0.2, -0.15) is 0 Å². The number of furan rings is 1. The third-order valence-electron chi connectivity index (χ3n) is 5.40. The second-order valence-electron chi connectivity index (χ2n) is 7.39. The largest absolute Gasteiger partial charge is 0.467 e. The van der Waals surface area contributed by atoms with Gasteiger partial charge in [-0.3, -0.25) is 9.36 Å². The lowest BCUT2D eigenvalue weighted by atomic mass is 10.0. The molecule has 0 bridgehead atoms. The van der Waals surface area contributed by atoms with Crippen molar-refractivity contribution >= 4 is 17.5 Å². The summed E-state index contributed by atoms with van der Waals surface area (Å²) in [6.07, 6.45) is 5.03. The quantitative estimate of drug-likeness (QED) is 0.312. The standard InChI is InChI=1S/C24H21N3O2S/c28-22(20-12-11-17-8-4-9-19(17)14-20)16-30-24-26-25-23(18-6-2-1-3-7-18)27(24)15-21-10-5-13-29-21/h1-3,5-7,10-14H,4,8-9,15-16H2. The fraction of sp³-hybridized carbons (Fsp3) is 0.208. The van der Waals surface area contributed by atoms with Crippen LogP contribution in [0.2, 0.25) is 0 Å². The van der Waals surface area contributed by atoms with E-state index in [0.29, 0.717) is 17.5 Å². The Hall–Kier alpha value is -3.12. The molecule has 0 atom stereocenters. The molecule has 0 amide bonds. The molecule has 0 radical (unpaired) electrons. The Morgan fingerprint density at radius 3 is 2.70 bits per heavy atom. The minimum atomic E-state index is 0.114. The molecule has 0 N–H and O–H groups in total. The molecule has 5 rings (SSSR count). The normalized spacial score (nSPS) is 12.8. The van der Waals surface area contributed by atoms with Gasteiger partial charge in [0.1, 0.15) is 5.76 Å². The first-order valence-corrected chi connectivity index (χ1v) is 11.1. The Morgan fingerprint density at radius 2 is 1.87 bits per heavy atom. The first-order valence-electron chi connectivity index (χ1n) is 10.1. The number of hydrogen-bond donors (Lipinski definition) is 0. The summed E-state index contributed by atoms with van der Waals surface area (Å²) in [5, 5.41) is 9.49. The molecule has 1 aliphatic carbocycles. The molecule has 0 saturated heterocycles. The zero-order chi connectivity index (χ0) is 20.3. The Labute approximate surface area is 179 Å². The van der Waals surface area contributed by atoms with Crippen molar-refractivity contribution in [3.8, 4) is 11.4 Å². The van der Waals surface area contributed by atoms with Crippen molar-refractivity contribution in [3.05, 3.63) is 89.4 Å². The van der Waals surface area contributed by atoms with Crippen molar-refractivity contribution in [3.63, 3.8) is 0 Å². The van der Waals surface area contributed by atoms with Crippen molar-refractivity contribution in [2.45, 2.75) is 31.0 Å². The van der Waals surface area contributed by atoms with Gasteiger partial charge in [-0.1, -0.05) is 54.2 Å². The molecule has 2 heterocycles. The van der Waals surface area contributed by atoms with Crippen LogP contribution in [0.4, 0.5) is 0 Å².